The predicted octanol–water partition coefficient (Wildman–Crippen LogP) is 1.62. The van der Waals surface area contributed by atoms with E-state index in [0.717, 1.165) is 23.1 Å². The smallest absolute Gasteiger partial charge is 0.251 e. The number of aromatic amines is 1. The van der Waals surface area contributed by atoms with Crippen LogP contribution in [0.3, 0.4) is 0 Å². The number of fused-ring (bicyclic) bond motifs is 1. The second-order valence-electron chi connectivity index (χ2n) is 6.47. The van der Waals surface area contributed by atoms with Gasteiger partial charge in [0.05, 0.1) is 0 Å². The van der Waals surface area contributed by atoms with E-state index in [1.807, 2.05) is 18.3 Å². The van der Waals surface area contributed by atoms with Crippen molar-refractivity contribution >= 4 is 22.6 Å². The number of amides is 1. The molecule has 2 aromatic rings. The molecule has 0 unspecified atom stereocenters. The first-order chi connectivity index (χ1) is 11.0. The summed E-state index contributed by atoms with van der Waals surface area (Å²) in [5.41, 5.74) is 1.98. The summed E-state index contributed by atoms with van der Waals surface area (Å²) in [5.74, 6) is 0.289. The summed E-state index contributed by atoms with van der Waals surface area (Å²) in [5, 5.41) is 10.7. The molecule has 1 saturated heterocycles. The highest BCUT2D eigenvalue weighted by atomic mass is 16.3. The van der Waals surface area contributed by atoms with Crippen LogP contribution in [0.2, 0.25) is 0 Å². The fourth-order valence-corrected chi connectivity index (χ4v) is 3.45. The van der Waals surface area contributed by atoms with Crippen LogP contribution in [0.5, 0.6) is 0 Å². The van der Waals surface area contributed by atoms with Gasteiger partial charge in [-0.3, -0.25) is 4.79 Å². The Labute approximate surface area is 136 Å². The first-order valence-electron chi connectivity index (χ1n) is 8.11. The second kappa shape index (κ2) is 6.20. The molecular formula is C17H24N4O2. The number of nitrogens with one attached hydrogen (secondary N) is 1. The van der Waals surface area contributed by atoms with Crippen molar-refractivity contribution < 1.29 is 9.90 Å². The maximum absolute atomic E-state index is 12.1. The van der Waals surface area contributed by atoms with Crippen LogP contribution in [-0.2, 0) is 4.79 Å². The molecule has 1 aliphatic rings. The molecule has 3 heterocycles. The van der Waals surface area contributed by atoms with Crippen LogP contribution in [0.4, 0.5) is 5.69 Å². The molecule has 124 valence electrons. The zero-order valence-corrected chi connectivity index (χ0v) is 13.9. The van der Waals surface area contributed by atoms with E-state index in [4.69, 9.17) is 0 Å². The van der Waals surface area contributed by atoms with Gasteiger partial charge in [-0.25, -0.2) is 4.98 Å². The topological polar surface area (TPSA) is 72.5 Å². The maximum Gasteiger partial charge on any atom is 0.251 e. The number of aliphatic hydroxyl groups is 1. The third-order valence-corrected chi connectivity index (χ3v) is 4.90. The minimum Gasteiger partial charge on any atom is -0.384 e. The molecule has 0 aliphatic carbocycles. The summed E-state index contributed by atoms with van der Waals surface area (Å²) in [6.07, 6.45) is 3.69. The van der Waals surface area contributed by atoms with Crippen molar-refractivity contribution in [1.82, 2.24) is 14.9 Å². The van der Waals surface area contributed by atoms with E-state index in [1.165, 1.54) is 6.92 Å². The third kappa shape index (κ3) is 2.91. The Morgan fingerprint density at radius 2 is 2.30 bits per heavy atom. The molecule has 0 spiro atoms. The van der Waals surface area contributed by atoms with Gasteiger partial charge in [-0.1, -0.05) is 6.92 Å². The van der Waals surface area contributed by atoms with Gasteiger partial charge in [-0.2, -0.15) is 0 Å². The molecular weight excluding hydrogens is 292 g/mol. The molecule has 1 aliphatic heterocycles. The lowest BCUT2D eigenvalue weighted by Crippen LogP contribution is -2.54. The van der Waals surface area contributed by atoms with Crippen LogP contribution in [0, 0.1) is 5.92 Å². The molecule has 6 heteroatoms. The molecule has 23 heavy (non-hydrogen) atoms. The van der Waals surface area contributed by atoms with Gasteiger partial charge in [0.1, 0.15) is 11.8 Å². The Bertz CT molecular complexity index is 697. The van der Waals surface area contributed by atoms with Crippen molar-refractivity contribution in [2.75, 3.05) is 25.0 Å². The van der Waals surface area contributed by atoms with E-state index in [0.29, 0.717) is 19.0 Å². The quantitative estimate of drug-likeness (QED) is 0.902. The SMILES string of the molecule is C[C@@H]1CCN(C(=O)[C@@H](C)O)C[C@@H]1N(C)c1ccnc2[nH]ccc12. The Hall–Kier alpha value is -2.08. The Morgan fingerprint density at radius 1 is 1.52 bits per heavy atom. The van der Waals surface area contributed by atoms with Crippen molar-refractivity contribution in [3.05, 3.63) is 24.5 Å². The zero-order valence-electron chi connectivity index (χ0n) is 13.9. The lowest BCUT2D eigenvalue weighted by molar-refractivity contribution is -0.140. The Balaban J connectivity index is 1.86. The van der Waals surface area contributed by atoms with Gasteiger partial charge in [0, 0.05) is 49.6 Å². The molecule has 1 fully saturated rings. The first kappa shape index (κ1) is 15.8. The highest BCUT2D eigenvalue weighted by Crippen LogP contribution is 2.30. The highest BCUT2D eigenvalue weighted by Gasteiger charge is 2.33. The number of rotatable bonds is 3. The normalized spacial score (nSPS) is 23.0. The molecule has 6 nitrogen and oxygen atoms in total. The van der Waals surface area contributed by atoms with Crippen LogP contribution < -0.4 is 4.90 Å². The van der Waals surface area contributed by atoms with E-state index in [1.54, 1.807) is 11.1 Å². The lowest BCUT2D eigenvalue weighted by atomic mass is 9.91. The van der Waals surface area contributed by atoms with Crippen molar-refractivity contribution in [3.8, 4) is 0 Å². The number of aliphatic hydroxyl groups excluding tert-OH is 1. The lowest BCUT2D eigenvalue weighted by Gasteiger charge is -2.43. The van der Waals surface area contributed by atoms with Crippen LogP contribution in [0.25, 0.3) is 11.0 Å². The number of anilines is 1. The fourth-order valence-electron chi connectivity index (χ4n) is 3.45. The summed E-state index contributed by atoms with van der Waals surface area (Å²) in [7, 11) is 2.07. The maximum atomic E-state index is 12.1. The van der Waals surface area contributed by atoms with Crippen LogP contribution in [-0.4, -0.2) is 58.2 Å². The van der Waals surface area contributed by atoms with Crippen molar-refractivity contribution in [2.45, 2.75) is 32.4 Å². The third-order valence-electron chi connectivity index (χ3n) is 4.90. The molecule has 1 amide bonds. The van der Waals surface area contributed by atoms with E-state index >= 15 is 0 Å². The molecule has 3 atom stereocenters. The van der Waals surface area contributed by atoms with E-state index in [9.17, 15) is 9.90 Å². The van der Waals surface area contributed by atoms with E-state index < -0.39 is 6.10 Å². The van der Waals surface area contributed by atoms with Gasteiger partial charge < -0.3 is 19.9 Å². The van der Waals surface area contributed by atoms with Crippen LogP contribution >= 0.6 is 0 Å². The molecule has 0 aromatic carbocycles. The van der Waals surface area contributed by atoms with Gasteiger partial charge >= 0.3 is 0 Å². The number of carbonyl (C=O) groups excluding carboxylic acids is 1. The van der Waals surface area contributed by atoms with Crippen LogP contribution in [0.1, 0.15) is 20.3 Å². The van der Waals surface area contributed by atoms with Gasteiger partial charge in [0.2, 0.25) is 0 Å². The number of pyridine rings is 1. The number of H-pyrrole nitrogens is 1. The van der Waals surface area contributed by atoms with E-state index in [2.05, 4.69) is 28.8 Å². The Kier molecular flexibility index (Phi) is 4.26. The first-order valence-corrected chi connectivity index (χ1v) is 8.11. The number of nitrogens with zero attached hydrogens (tertiary/aromatic N) is 3. The minimum atomic E-state index is -0.938. The molecule has 2 N–H and O–H groups in total. The number of hydrogen-bond donors (Lipinski definition) is 2. The summed E-state index contributed by atoms with van der Waals surface area (Å²) >= 11 is 0. The summed E-state index contributed by atoms with van der Waals surface area (Å²) in [6.45, 7) is 5.10. The summed E-state index contributed by atoms with van der Waals surface area (Å²) in [4.78, 5) is 23.6. The fraction of sp³-hybridized carbons (Fsp3) is 0.529. The monoisotopic (exact) mass is 316 g/mol. The van der Waals surface area contributed by atoms with Gasteiger partial charge in [-0.15, -0.1) is 0 Å². The molecule has 0 saturated carbocycles. The van der Waals surface area contributed by atoms with Gasteiger partial charge in [0.15, 0.2) is 0 Å². The average molecular weight is 316 g/mol. The van der Waals surface area contributed by atoms with E-state index in [-0.39, 0.29) is 11.9 Å². The number of aromatic nitrogens is 2. The summed E-state index contributed by atoms with van der Waals surface area (Å²) < 4.78 is 0. The van der Waals surface area contributed by atoms with Gasteiger partial charge in [-0.05, 0) is 31.4 Å². The summed E-state index contributed by atoms with van der Waals surface area (Å²) in [6, 6.07) is 4.26. The number of hydrogen-bond acceptors (Lipinski definition) is 4. The predicted molar refractivity (Wildman–Crippen MR) is 90.3 cm³/mol. The van der Waals surface area contributed by atoms with Crippen molar-refractivity contribution in [1.29, 1.82) is 0 Å². The largest absolute Gasteiger partial charge is 0.384 e. The van der Waals surface area contributed by atoms with Gasteiger partial charge in [0.25, 0.3) is 5.91 Å². The standard InChI is InChI=1S/C17H24N4O2/c1-11-6-9-21(17(23)12(2)22)10-15(11)20(3)14-5-8-19-16-13(14)4-7-18-16/h4-5,7-8,11-12,15,22H,6,9-10H2,1-3H3,(H,18,19)/t11-,12-,15+/m1/s1. The molecule has 3 rings (SSSR count). The van der Waals surface area contributed by atoms with Crippen molar-refractivity contribution in [2.24, 2.45) is 5.92 Å². The zero-order chi connectivity index (χ0) is 16.6. The van der Waals surface area contributed by atoms with Crippen LogP contribution in [0.15, 0.2) is 24.5 Å². The molecule has 0 bridgehead atoms. The Morgan fingerprint density at radius 3 is 3.04 bits per heavy atom. The molecule has 2 aromatic heterocycles. The number of carbonyl (C=O) groups is 1. The average Bonchev–Trinajstić information content (AvgIpc) is 3.02. The molecule has 0 radical (unpaired) electrons. The highest BCUT2D eigenvalue weighted by molar-refractivity contribution is 5.89. The number of piperidine rings is 1. The number of likely N-dealkylation sites (N-methyl/N-ethyl adjacent to an activating group) is 1. The minimum absolute atomic E-state index is 0.184. The van der Waals surface area contributed by atoms with Crippen molar-refractivity contribution in [3.63, 3.8) is 0 Å². The number of likely N-dealkylation sites (tertiary alicyclic amines) is 1. The second-order valence-corrected chi connectivity index (χ2v) is 6.47.